The Bertz CT molecular complexity index is 731. The van der Waals surface area contributed by atoms with Crippen molar-refractivity contribution in [3.8, 4) is 0 Å². The summed E-state index contributed by atoms with van der Waals surface area (Å²) in [6.45, 7) is 1.76. The molecule has 21 heavy (non-hydrogen) atoms. The van der Waals surface area contributed by atoms with Gasteiger partial charge in [0.05, 0.1) is 11.3 Å². The number of halogens is 2. The van der Waals surface area contributed by atoms with E-state index in [0.717, 1.165) is 0 Å². The summed E-state index contributed by atoms with van der Waals surface area (Å²) in [5.74, 6) is -1.49. The van der Waals surface area contributed by atoms with Crippen molar-refractivity contribution >= 4 is 45.1 Å². The van der Waals surface area contributed by atoms with E-state index < -0.39 is 5.97 Å². The molecule has 108 valence electrons. The smallest absolute Gasteiger partial charge is 0.337 e. The lowest BCUT2D eigenvalue weighted by Gasteiger charge is -2.10. The topological polar surface area (TPSA) is 66.4 Å². The third-order valence-corrected chi connectivity index (χ3v) is 3.62. The lowest BCUT2D eigenvalue weighted by atomic mass is 10.1. The number of carbonyl (C=O) groups excluding carboxylic acids is 1. The van der Waals surface area contributed by atoms with Crippen LogP contribution >= 0.6 is 27.5 Å². The summed E-state index contributed by atoms with van der Waals surface area (Å²) in [6, 6.07) is 9.53. The maximum absolute atomic E-state index is 12.2. The van der Waals surface area contributed by atoms with E-state index in [9.17, 15) is 14.7 Å². The minimum Gasteiger partial charge on any atom is -0.478 e. The molecule has 2 N–H and O–H groups in total. The molecule has 0 heterocycles. The number of benzene rings is 2. The molecule has 2 aromatic carbocycles. The minimum atomic E-state index is -1.11. The van der Waals surface area contributed by atoms with Crippen LogP contribution in [0.3, 0.4) is 0 Å². The second kappa shape index (κ2) is 6.28. The summed E-state index contributed by atoms with van der Waals surface area (Å²) in [5.41, 5.74) is 1.42. The molecule has 0 fully saturated rings. The van der Waals surface area contributed by atoms with E-state index in [4.69, 9.17) is 11.6 Å². The van der Waals surface area contributed by atoms with Crippen LogP contribution in [-0.4, -0.2) is 17.0 Å². The number of nitrogens with one attached hydrogen (secondary N) is 1. The molecule has 1 amide bonds. The highest BCUT2D eigenvalue weighted by atomic mass is 79.9. The molecule has 0 spiro atoms. The largest absolute Gasteiger partial charge is 0.478 e. The van der Waals surface area contributed by atoms with Gasteiger partial charge in [-0.2, -0.15) is 0 Å². The van der Waals surface area contributed by atoms with Gasteiger partial charge in [-0.05, 0) is 48.9 Å². The summed E-state index contributed by atoms with van der Waals surface area (Å²) in [7, 11) is 0. The van der Waals surface area contributed by atoms with Gasteiger partial charge in [-0.15, -0.1) is 0 Å². The number of hydrogen-bond acceptors (Lipinski definition) is 2. The second-order valence-corrected chi connectivity index (χ2v) is 5.76. The van der Waals surface area contributed by atoms with Crippen molar-refractivity contribution in [2.75, 3.05) is 5.32 Å². The summed E-state index contributed by atoms with van der Waals surface area (Å²) in [6.07, 6.45) is 0. The van der Waals surface area contributed by atoms with Gasteiger partial charge in [-0.3, -0.25) is 4.79 Å². The summed E-state index contributed by atoms with van der Waals surface area (Å²) < 4.78 is 0.626. The molecule has 2 rings (SSSR count). The quantitative estimate of drug-likeness (QED) is 0.846. The van der Waals surface area contributed by atoms with Crippen LogP contribution in [0, 0.1) is 6.92 Å². The maximum Gasteiger partial charge on any atom is 0.337 e. The monoisotopic (exact) mass is 367 g/mol. The summed E-state index contributed by atoms with van der Waals surface area (Å²) in [5, 5.41) is 12.3. The van der Waals surface area contributed by atoms with Gasteiger partial charge in [0.15, 0.2) is 0 Å². The molecule has 0 bridgehead atoms. The Balaban J connectivity index is 2.34. The zero-order valence-corrected chi connectivity index (χ0v) is 13.3. The molecule has 0 radical (unpaired) electrons. The first-order chi connectivity index (χ1) is 9.88. The van der Waals surface area contributed by atoms with Crippen LogP contribution in [0.4, 0.5) is 5.69 Å². The van der Waals surface area contributed by atoms with Crippen LogP contribution in [0.25, 0.3) is 0 Å². The molecule has 0 aromatic heterocycles. The van der Waals surface area contributed by atoms with Crippen molar-refractivity contribution in [2.24, 2.45) is 0 Å². The third kappa shape index (κ3) is 3.62. The fraction of sp³-hybridized carbons (Fsp3) is 0.0667. The number of rotatable bonds is 3. The third-order valence-electron chi connectivity index (χ3n) is 2.89. The standard InChI is InChI=1S/C15H11BrClNO3/c1-8-6-10(17)3-4-11(8)14(19)18-13-5-2-9(16)7-12(13)15(20)21/h2-7H,1H3,(H,18,19)(H,20,21). The predicted octanol–water partition coefficient (Wildman–Crippen LogP) is 4.36. The van der Waals surface area contributed by atoms with Crippen LogP contribution in [0.15, 0.2) is 40.9 Å². The zero-order valence-electron chi connectivity index (χ0n) is 11.0. The van der Waals surface area contributed by atoms with Crippen LogP contribution in [0.5, 0.6) is 0 Å². The summed E-state index contributed by atoms with van der Waals surface area (Å²) in [4.78, 5) is 23.5. The number of aryl methyl sites for hydroxylation is 1. The number of aromatic carboxylic acids is 1. The van der Waals surface area contributed by atoms with E-state index in [2.05, 4.69) is 21.2 Å². The van der Waals surface area contributed by atoms with Crippen molar-refractivity contribution in [2.45, 2.75) is 6.92 Å². The Kier molecular flexibility index (Phi) is 4.65. The Morgan fingerprint density at radius 2 is 1.86 bits per heavy atom. The molecule has 0 saturated carbocycles. The van der Waals surface area contributed by atoms with E-state index in [0.29, 0.717) is 20.6 Å². The minimum absolute atomic E-state index is 0.0179. The molecule has 0 unspecified atom stereocenters. The average molecular weight is 369 g/mol. The highest BCUT2D eigenvalue weighted by Crippen LogP contribution is 2.23. The zero-order chi connectivity index (χ0) is 15.6. The van der Waals surface area contributed by atoms with Crippen LogP contribution in [-0.2, 0) is 0 Å². The number of carboxylic acid groups (broad SMARTS) is 1. The Morgan fingerprint density at radius 1 is 1.14 bits per heavy atom. The number of amides is 1. The molecule has 0 aliphatic rings. The van der Waals surface area contributed by atoms with E-state index in [1.54, 1.807) is 31.2 Å². The fourth-order valence-electron chi connectivity index (χ4n) is 1.87. The van der Waals surface area contributed by atoms with Gasteiger partial charge < -0.3 is 10.4 Å². The van der Waals surface area contributed by atoms with E-state index in [1.165, 1.54) is 12.1 Å². The van der Waals surface area contributed by atoms with Crippen molar-refractivity contribution in [1.82, 2.24) is 0 Å². The number of anilines is 1. The molecule has 4 nitrogen and oxygen atoms in total. The van der Waals surface area contributed by atoms with Crippen LogP contribution in [0.2, 0.25) is 5.02 Å². The SMILES string of the molecule is Cc1cc(Cl)ccc1C(=O)Nc1ccc(Br)cc1C(=O)O. The van der Waals surface area contributed by atoms with Gasteiger partial charge >= 0.3 is 5.97 Å². The first kappa shape index (κ1) is 15.5. The lowest BCUT2D eigenvalue weighted by molar-refractivity contribution is 0.0698. The van der Waals surface area contributed by atoms with Crippen LogP contribution in [0.1, 0.15) is 26.3 Å². The predicted molar refractivity (Wildman–Crippen MR) is 85.2 cm³/mol. The van der Waals surface area contributed by atoms with Gasteiger partial charge in [0.25, 0.3) is 5.91 Å². The highest BCUT2D eigenvalue weighted by Gasteiger charge is 2.15. The first-order valence-corrected chi connectivity index (χ1v) is 7.16. The highest BCUT2D eigenvalue weighted by molar-refractivity contribution is 9.10. The normalized spacial score (nSPS) is 10.2. The first-order valence-electron chi connectivity index (χ1n) is 5.99. The van der Waals surface area contributed by atoms with Crippen molar-refractivity contribution < 1.29 is 14.7 Å². The van der Waals surface area contributed by atoms with Crippen molar-refractivity contribution in [3.05, 3.63) is 62.6 Å². The van der Waals surface area contributed by atoms with E-state index in [1.807, 2.05) is 0 Å². The molecule has 0 saturated heterocycles. The number of carboxylic acids is 1. The van der Waals surface area contributed by atoms with Gasteiger partial charge in [0.1, 0.15) is 0 Å². The Morgan fingerprint density at radius 3 is 2.48 bits per heavy atom. The molecular weight excluding hydrogens is 358 g/mol. The second-order valence-electron chi connectivity index (χ2n) is 4.41. The van der Waals surface area contributed by atoms with Crippen LogP contribution < -0.4 is 5.32 Å². The number of carbonyl (C=O) groups is 2. The van der Waals surface area contributed by atoms with Crippen molar-refractivity contribution in [3.63, 3.8) is 0 Å². The van der Waals surface area contributed by atoms with Crippen molar-refractivity contribution in [1.29, 1.82) is 0 Å². The molecule has 0 aliphatic carbocycles. The van der Waals surface area contributed by atoms with Gasteiger partial charge in [-0.1, -0.05) is 27.5 Å². The van der Waals surface area contributed by atoms with Gasteiger partial charge in [-0.25, -0.2) is 4.79 Å². The van der Waals surface area contributed by atoms with E-state index >= 15 is 0 Å². The fourth-order valence-corrected chi connectivity index (χ4v) is 2.46. The van der Waals surface area contributed by atoms with E-state index in [-0.39, 0.29) is 17.2 Å². The molecule has 2 aromatic rings. The lowest BCUT2D eigenvalue weighted by Crippen LogP contribution is -2.16. The van der Waals surface area contributed by atoms with Gasteiger partial charge in [0.2, 0.25) is 0 Å². The van der Waals surface area contributed by atoms with Gasteiger partial charge in [0, 0.05) is 15.1 Å². The Labute approximate surface area is 134 Å². The number of hydrogen-bond donors (Lipinski definition) is 2. The molecule has 6 heteroatoms. The average Bonchev–Trinajstić information content (AvgIpc) is 2.40. The Hall–Kier alpha value is -1.85. The molecule has 0 aliphatic heterocycles. The molecule has 0 atom stereocenters. The maximum atomic E-state index is 12.2. The summed E-state index contributed by atoms with van der Waals surface area (Å²) >= 11 is 9.06. The molecular formula is C15H11BrClNO3.